The molecule has 0 radical (unpaired) electrons. The van der Waals surface area contributed by atoms with Crippen LogP contribution in [0.15, 0.2) is 12.1 Å². The summed E-state index contributed by atoms with van der Waals surface area (Å²) in [4.78, 5) is 10.2. The number of hydrogen-bond donors (Lipinski definition) is 1. The lowest BCUT2D eigenvalue weighted by molar-refractivity contribution is -0.384. The summed E-state index contributed by atoms with van der Waals surface area (Å²) >= 11 is 5.50. The normalized spacial score (nSPS) is 10.7. The van der Waals surface area contributed by atoms with Crippen molar-refractivity contribution in [3.05, 3.63) is 33.1 Å². The van der Waals surface area contributed by atoms with Gasteiger partial charge in [0.1, 0.15) is 11.5 Å². The zero-order valence-corrected chi connectivity index (χ0v) is 10.8. The van der Waals surface area contributed by atoms with Gasteiger partial charge in [-0.1, -0.05) is 11.6 Å². The molecule has 0 bridgehead atoms. The highest BCUT2D eigenvalue weighted by molar-refractivity contribution is 6.31. The number of halogens is 2. The molecule has 1 aromatic rings. The van der Waals surface area contributed by atoms with Gasteiger partial charge in [-0.25, -0.2) is 4.39 Å². The van der Waals surface area contributed by atoms with Crippen molar-refractivity contribution < 1.29 is 14.1 Å². The van der Waals surface area contributed by atoms with Crippen LogP contribution in [0.25, 0.3) is 0 Å². The molecule has 1 N–H and O–H groups in total. The second kappa shape index (κ2) is 6.51. The SMILES string of the molecule is CC(C)OCCNc1cc(F)c(Cl)cc1[N+](=O)[O-]. The highest BCUT2D eigenvalue weighted by atomic mass is 35.5. The van der Waals surface area contributed by atoms with Gasteiger partial charge in [-0.15, -0.1) is 0 Å². The minimum Gasteiger partial charge on any atom is -0.377 e. The third-order valence-electron chi connectivity index (χ3n) is 2.10. The lowest BCUT2D eigenvalue weighted by Crippen LogP contribution is -2.14. The molecule has 0 saturated carbocycles. The molecule has 1 rings (SSSR count). The van der Waals surface area contributed by atoms with E-state index in [2.05, 4.69) is 5.32 Å². The summed E-state index contributed by atoms with van der Waals surface area (Å²) in [6.07, 6.45) is 0.0729. The summed E-state index contributed by atoms with van der Waals surface area (Å²) in [5, 5.41) is 13.3. The second-order valence-electron chi connectivity index (χ2n) is 3.89. The van der Waals surface area contributed by atoms with Crippen molar-refractivity contribution in [2.24, 2.45) is 0 Å². The molecule has 100 valence electrons. The highest BCUT2D eigenvalue weighted by Crippen LogP contribution is 2.30. The van der Waals surface area contributed by atoms with Crippen molar-refractivity contribution in [2.45, 2.75) is 20.0 Å². The highest BCUT2D eigenvalue weighted by Gasteiger charge is 2.17. The molecule has 0 unspecified atom stereocenters. The number of nitro benzene ring substituents is 1. The number of anilines is 1. The van der Waals surface area contributed by atoms with Crippen LogP contribution in [0, 0.1) is 15.9 Å². The van der Waals surface area contributed by atoms with Crippen LogP contribution in [0.3, 0.4) is 0 Å². The molecule has 5 nitrogen and oxygen atoms in total. The maximum atomic E-state index is 13.2. The average Bonchev–Trinajstić information content (AvgIpc) is 2.28. The van der Waals surface area contributed by atoms with E-state index in [1.54, 1.807) is 0 Å². The first-order valence-electron chi connectivity index (χ1n) is 5.40. The summed E-state index contributed by atoms with van der Waals surface area (Å²) < 4.78 is 18.5. The van der Waals surface area contributed by atoms with Crippen molar-refractivity contribution in [3.63, 3.8) is 0 Å². The second-order valence-corrected chi connectivity index (χ2v) is 4.29. The molecule has 0 saturated heterocycles. The lowest BCUT2D eigenvalue weighted by atomic mass is 10.2. The Balaban J connectivity index is 2.74. The van der Waals surface area contributed by atoms with Gasteiger partial charge >= 0.3 is 0 Å². The smallest absolute Gasteiger partial charge is 0.294 e. The molecule has 0 amide bonds. The van der Waals surface area contributed by atoms with Crippen LogP contribution >= 0.6 is 11.6 Å². The van der Waals surface area contributed by atoms with E-state index in [9.17, 15) is 14.5 Å². The molecule has 0 aromatic heterocycles. The monoisotopic (exact) mass is 276 g/mol. The number of rotatable bonds is 6. The Hall–Kier alpha value is -1.40. The van der Waals surface area contributed by atoms with Gasteiger partial charge in [-0.2, -0.15) is 0 Å². The minimum absolute atomic E-state index is 0.0729. The first-order valence-corrected chi connectivity index (χ1v) is 5.78. The summed E-state index contributed by atoms with van der Waals surface area (Å²) in [6.45, 7) is 4.48. The number of nitrogens with one attached hydrogen (secondary N) is 1. The van der Waals surface area contributed by atoms with Crippen LogP contribution in [-0.2, 0) is 4.74 Å². The van der Waals surface area contributed by atoms with Crippen LogP contribution < -0.4 is 5.32 Å². The summed E-state index contributed by atoms with van der Waals surface area (Å²) in [6, 6.07) is 2.00. The molecule has 0 atom stereocenters. The summed E-state index contributed by atoms with van der Waals surface area (Å²) in [5.74, 6) is -0.699. The molecule has 7 heteroatoms. The Bertz CT molecular complexity index is 441. The first-order chi connectivity index (χ1) is 8.41. The zero-order chi connectivity index (χ0) is 13.7. The van der Waals surface area contributed by atoms with Crippen molar-refractivity contribution >= 4 is 23.0 Å². The van der Waals surface area contributed by atoms with Gasteiger partial charge < -0.3 is 10.1 Å². The summed E-state index contributed by atoms with van der Waals surface area (Å²) in [5.41, 5.74) is -0.166. The molecule has 0 spiro atoms. The van der Waals surface area contributed by atoms with Gasteiger partial charge in [0.25, 0.3) is 5.69 Å². The van der Waals surface area contributed by atoms with Crippen LogP contribution in [0.5, 0.6) is 0 Å². The van der Waals surface area contributed by atoms with Crippen LogP contribution in [0.4, 0.5) is 15.8 Å². The van der Waals surface area contributed by atoms with Gasteiger partial charge in [0.15, 0.2) is 0 Å². The first kappa shape index (κ1) is 14.7. The quantitative estimate of drug-likeness (QED) is 0.492. The van der Waals surface area contributed by atoms with Crippen molar-refractivity contribution in [1.82, 2.24) is 0 Å². The van der Waals surface area contributed by atoms with Crippen LogP contribution in [-0.4, -0.2) is 24.2 Å². The Morgan fingerprint density at radius 1 is 1.56 bits per heavy atom. The number of benzene rings is 1. The molecule has 18 heavy (non-hydrogen) atoms. The third-order valence-corrected chi connectivity index (χ3v) is 2.39. The van der Waals surface area contributed by atoms with E-state index < -0.39 is 10.7 Å². The molecule has 0 aliphatic rings. The zero-order valence-electron chi connectivity index (χ0n) is 10.1. The Morgan fingerprint density at radius 3 is 2.78 bits per heavy atom. The summed E-state index contributed by atoms with van der Waals surface area (Å²) in [7, 11) is 0. The maximum absolute atomic E-state index is 13.2. The predicted octanol–water partition coefficient (Wildman–Crippen LogP) is 3.22. The third kappa shape index (κ3) is 4.12. The van der Waals surface area contributed by atoms with Gasteiger partial charge in [-0.05, 0) is 13.8 Å². The fourth-order valence-electron chi connectivity index (χ4n) is 1.31. The number of nitrogens with zero attached hydrogens (tertiary/aromatic N) is 1. The van der Waals surface area contributed by atoms with E-state index in [1.165, 1.54) is 0 Å². The van der Waals surface area contributed by atoms with E-state index in [0.29, 0.717) is 13.2 Å². The molecule has 0 aliphatic carbocycles. The van der Waals surface area contributed by atoms with Gasteiger partial charge in [0.05, 0.1) is 22.7 Å². The lowest BCUT2D eigenvalue weighted by Gasteiger charge is -2.10. The maximum Gasteiger partial charge on any atom is 0.294 e. The van der Waals surface area contributed by atoms with Crippen molar-refractivity contribution in [3.8, 4) is 0 Å². The number of ether oxygens (including phenoxy) is 1. The largest absolute Gasteiger partial charge is 0.377 e. The molecule has 0 aliphatic heterocycles. The van der Waals surface area contributed by atoms with Crippen LogP contribution in [0.2, 0.25) is 5.02 Å². The molecule has 1 aromatic carbocycles. The Morgan fingerprint density at radius 2 is 2.22 bits per heavy atom. The fraction of sp³-hybridized carbons (Fsp3) is 0.455. The van der Waals surface area contributed by atoms with Gasteiger partial charge in [0.2, 0.25) is 0 Å². The van der Waals surface area contributed by atoms with E-state index in [1.807, 2.05) is 13.8 Å². The topological polar surface area (TPSA) is 64.4 Å². The Labute approximate surface area is 109 Å². The van der Waals surface area contributed by atoms with Gasteiger partial charge in [0, 0.05) is 18.7 Å². The fourth-order valence-corrected chi connectivity index (χ4v) is 1.47. The molecular weight excluding hydrogens is 263 g/mol. The number of hydrogen-bond acceptors (Lipinski definition) is 4. The van der Waals surface area contributed by atoms with Crippen LogP contribution in [0.1, 0.15) is 13.8 Å². The minimum atomic E-state index is -0.699. The van der Waals surface area contributed by atoms with Gasteiger partial charge in [-0.3, -0.25) is 10.1 Å². The predicted molar refractivity (Wildman–Crippen MR) is 67.6 cm³/mol. The van der Waals surface area contributed by atoms with Crippen molar-refractivity contribution in [2.75, 3.05) is 18.5 Å². The van der Waals surface area contributed by atoms with E-state index in [0.717, 1.165) is 12.1 Å². The molecule has 0 fully saturated rings. The molecule has 0 heterocycles. The van der Waals surface area contributed by atoms with E-state index in [4.69, 9.17) is 16.3 Å². The average molecular weight is 277 g/mol. The Kier molecular flexibility index (Phi) is 5.30. The van der Waals surface area contributed by atoms with E-state index in [-0.39, 0.29) is 22.5 Å². The number of nitro groups is 1. The standard InChI is InChI=1S/C11H14ClFN2O3/c1-7(2)18-4-3-14-10-6-9(13)8(12)5-11(10)15(16)17/h5-7,14H,3-4H2,1-2H3. The van der Waals surface area contributed by atoms with E-state index >= 15 is 0 Å². The van der Waals surface area contributed by atoms with Crippen molar-refractivity contribution in [1.29, 1.82) is 0 Å². The molecular formula is C11H14ClFN2O3.